The van der Waals surface area contributed by atoms with Crippen LogP contribution in [0.25, 0.3) is 0 Å². The molecule has 5 nitrogen and oxygen atoms in total. The van der Waals surface area contributed by atoms with Crippen LogP contribution in [0.3, 0.4) is 0 Å². The molecular weight excluding hydrogens is 435 g/mol. The highest BCUT2D eigenvalue weighted by Gasteiger charge is 2.54. The van der Waals surface area contributed by atoms with Crippen molar-refractivity contribution in [3.8, 4) is 0 Å². The van der Waals surface area contributed by atoms with Crippen molar-refractivity contribution in [2.45, 2.75) is 36.9 Å². The fraction of sp³-hybridized carbons (Fsp3) is 0.579. The molecule has 2 amide bonds. The van der Waals surface area contributed by atoms with E-state index in [0.29, 0.717) is 25.0 Å². The predicted octanol–water partition coefficient (Wildman–Crippen LogP) is 4.19. The number of cyclic esters (lactones) is 1. The summed E-state index contributed by atoms with van der Waals surface area (Å²) in [6.45, 7) is 0.546. The summed E-state index contributed by atoms with van der Waals surface area (Å²) in [6, 6.07) is 1.94. The van der Waals surface area contributed by atoms with Crippen molar-refractivity contribution in [2.24, 2.45) is 11.8 Å². The first-order chi connectivity index (χ1) is 13.9. The molecule has 0 bridgehead atoms. The molecule has 3 fully saturated rings. The summed E-state index contributed by atoms with van der Waals surface area (Å²) in [7, 11) is 0. The molecule has 1 saturated carbocycles. The summed E-state index contributed by atoms with van der Waals surface area (Å²) in [5.74, 6) is -4.24. The largest absolute Gasteiger partial charge is 0.447 e. The second-order valence-corrected chi connectivity index (χ2v) is 8.70. The van der Waals surface area contributed by atoms with Gasteiger partial charge in [0.05, 0.1) is 16.1 Å². The van der Waals surface area contributed by atoms with Gasteiger partial charge in [0.1, 0.15) is 6.61 Å². The van der Waals surface area contributed by atoms with E-state index in [4.69, 9.17) is 16.3 Å². The average Bonchev–Trinajstić information content (AvgIpc) is 2.97. The molecule has 0 aromatic heterocycles. The van der Waals surface area contributed by atoms with Gasteiger partial charge in [-0.05, 0) is 25.0 Å². The molecule has 164 valence electrons. The Morgan fingerprint density at radius 3 is 2.43 bits per heavy atom. The molecule has 1 aliphatic carbocycles. The van der Waals surface area contributed by atoms with Crippen LogP contribution < -0.4 is 5.32 Å². The predicted molar refractivity (Wildman–Crippen MR) is 95.0 cm³/mol. The van der Waals surface area contributed by atoms with Crippen LogP contribution >= 0.6 is 11.6 Å². The van der Waals surface area contributed by atoms with E-state index in [9.17, 15) is 31.5 Å². The van der Waals surface area contributed by atoms with Crippen LogP contribution in [0.2, 0.25) is 5.02 Å². The van der Waals surface area contributed by atoms with Gasteiger partial charge in [0.15, 0.2) is 0 Å². The Morgan fingerprint density at radius 2 is 1.90 bits per heavy atom. The summed E-state index contributed by atoms with van der Waals surface area (Å²) in [5.41, 5.74) is -2.23. The lowest BCUT2D eigenvalue weighted by atomic mass is 9.68. The minimum absolute atomic E-state index is 0.140. The van der Waals surface area contributed by atoms with E-state index >= 15 is 0 Å². The average molecular weight is 453 g/mol. The zero-order valence-corrected chi connectivity index (χ0v) is 16.3. The molecule has 2 aliphatic heterocycles. The maximum atomic E-state index is 14.5. The molecule has 2 saturated heterocycles. The number of halogens is 6. The monoisotopic (exact) mass is 452 g/mol. The minimum Gasteiger partial charge on any atom is -0.447 e. The van der Waals surface area contributed by atoms with Crippen molar-refractivity contribution < 1.29 is 36.3 Å². The quantitative estimate of drug-likeness (QED) is 0.697. The van der Waals surface area contributed by atoms with Crippen LogP contribution in [0, 0.1) is 11.8 Å². The van der Waals surface area contributed by atoms with Crippen molar-refractivity contribution in [1.82, 2.24) is 10.2 Å². The first kappa shape index (κ1) is 21.1. The molecule has 30 heavy (non-hydrogen) atoms. The number of nitrogens with zero attached hydrogens (tertiary/aromatic N) is 1. The molecule has 0 radical (unpaired) electrons. The van der Waals surface area contributed by atoms with Gasteiger partial charge in [-0.2, -0.15) is 13.2 Å². The normalized spacial score (nSPS) is 26.8. The van der Waals surface area contributed by atoms with Crippen molar-refractivity contribution in [3.05, 3.63) is 34.3 Å². The van der Waals surface area contributed by atoms with Gasteiger partial charge in [0.25, 0.3) is 5.92 Å². The number of ether oxygens (including phenoxy) is 1. The van der Waals surface area contributed by atoms with Crippen molar-refractivity contribution in [3.63, 3.8) is 0 Å². The number of hydrogen-bond donors (Lipinski definition) is 1. The van der Waals surface area contributed by atoms with Crippen LogP contribution in [0.4, 0.5) is 26.7 Å². The van der Waals surface area contributed by atoms with E-state index in [0.717, 1.165) is 6.07 Å². The third-order valence-corrected chi connectivity index (χ3v) is 6.29. The second-order valence-electron chi connectivity index (χ2n) is 8.30. The van der Waals surface area contributed by atoms with Crippen LogP contribution in [-0.2, 0) is 21.6 Å². The maximum Gasteiger partial charge on any atom is 0.417 e. The standard InChI is InChI=1S/C19H18ClF5N2O3/c20-14-3-12(1-2-13(14)19(23,24)25)18(21,22)4-10-7-27(8-10)15(28)11-5-17(6-11)9-30-16(29)26-17/h1-3,10-11H,4-9H2,(H,26,29)/t11-,17+. The molecule has 0 unspecified atom stereocenters. The number of hydrogen-bond acceptors (Lipinski definition) is 3. The van der Waals surface area contributed by atoms with Crippen molar-refractivity contribution in [2.75, 3.05) is 19.7 Å². The molecule has 2 heterocycles. The van der Waals surface area contributed by atoms with E-state index in [1.54, 1.807) is 0 Å². The van der Waals surface area contributed by atoms with Gasteiger partial charge in [-0.15, -0.1) is 0 Å². The smallest absolute Gasteiger partial charge is 0.417 e. The van der Waals surface area contributed by atoms with Gasteiger partial charge in [-0.3, -0.25) is 4.79 Å². The molecule has 1 aromatic carbocycles. The lowest BCUT2D eigenvalue weighted by Gasteiger charge is -2.48. The molecule has 0 atom stereocenters. The van der Waals surface area contributed by atoms with E-state index in [2.05, 4.69) is 5.32 Å². The number of amides is 2. The van der Waals surface area contributed by atoms with E-state index in [1.165, 1.54) is 4.90 Å². The van der Waals surface area contributed by atoms with Gasteiger partial charge in [-0.1, -0.05) is 17.7 Å². The third kappa shape index (κ3) is 3.81. The highest BCUT2D eigenvalue weighted by Crippen LogP contribution is 2.44. The molecule has 1 spiro atoms. The van der Waals surface area contributed by atoms with Crippen LogP contribution in [0.1, 0.15) is 30.4 Å². The van der Waals surface area contributed by atoms with E-state index in [1.807, 2.05) is 0 Å². The number of carbonyl (C=O) groups excluding carboxylic acids is 2. The fourth-order valence-corrected chi connectivity index (χ4v) is 4.65. The molecule has 1 N–H and O–H groups in total. The zero-order chi connectivity index (χ0) is 21.9. The number of likely N-dealkylation sites (tertiary alicyclic amines) is 1. The van der Waals surface area contributed by atoms with Gasteiger partial charge in [-0.25, -0.2) is 13.6 Å². The minimum atomic E-state index is -4.72. The maximum absolute atomic E-state index is 14.5. The highest BCUT2D eigenvalue weighted by atomic mass is 35.5. The molecular formula is C19H18ClF5N2O3. The van der Waals surface area contributed by atoms with Crippen LogP contribution in [-0.4, -0.2) is 42.1 Å². The van der Waals surface area contributed by atoms with Gasteiger partial charge < -0.3 is 15.0 Å². The number of nitrogens with one attached hydrogen (secondary N) is 1. The Kier molecular flexibility index (Phi) is 4.91. The number of alkyl halides is 5. The summed E-state index contributed by atoms with van der Waals surface area (Å²) in [4.78, 5) is 25.1. The number of rotatable bonds is 4. The Hall–Kier alpha value is -2.10. The summed E-state index contributed by atoms with van der Waals surface area (Å²) in [5, 5.41) is 1.92. The molecule has 11 heteroatoms. The van der Waals surface area contributed by atoms with Crippen LogP contribution in [0.5, 0.6) is 0 Å². The number of benzene rings is 1. The topological polar surface area (TPSA) is 58.6 Å². The Labute approximate surface area is 173 Å². The fourth-order valence-electron chi connectivity index (χ4n) is 4.36. The van der Waals surface area contributed by atoms with Crippen molar-refractivity contribution >= 4 is 23.6 Å². The van der Waals surface area contributed by atoms with Gasteiger partial charge in [0.2, 0.25) is 5.91 Å². The Bertz CT molecular complexity index is 879. The van der Waals surface area contributed by atoms with Gasteiger partial charge >= 0.3 is 12.3 Å². The Balaban J connectivity index is 1.30. The second kappa shape index (κ2) is 6.96. The van der Waals surface area contributed by atoms with Crippen LogP contribution in [0.15, 0.2) is 18.2 Å². The van der Waals surface area contributed by atoms with E-state index in [-0.39, 0.29) is 31.5 Å². The lowest BCUT2D eigenvalue weighted by Crippen LogP contribution is -2.61. The summed E-state index contributed by atoms with van der Waals surface area (Å²) >= 11 is 5.55. The lowest BCUT2D eigenvalue weighted by molar-refractivity contribution is -0.150. The van der Waals surface area contributed by atoms with Crippen molar-refractivity contribution in [1.29, 1.82) is 0 Å². The summed E-state index contributed by atoms with van der Waals surface area (Å²) in [6.07, 6.45) is -4.89. The van der Waals surface area contributed by atoms with E-state index < -0.39 is 52.2 Å². The number of carbonyl (C=O) groups is 2. The SMILES string of the molecule is O=C1N[C@]2(CO1)C[C@H](C(=O)N1CC(CC(F)(F)c3ccc(C(F)(F)F)c(Cl)c3)C1)C2. The summed E-state index contributed by atoms with van der Waals surface area (Å²) < 4.78 is 72.2. The first-order valence-electron chi connectivity index (χ1n) is 9.37. The number of alkyl carbamates (subject to hydrolysis) is 1. The van der Waals surface area contributed by atoms with Gasteiger partial charge in [0, 0.05) is 36.9 Å². The zero-order valence-electron chi connectivity index (χ0n) is 15.6. The highest BCUT2D eigenvalue weighted by molar-refractivity contribution is 6.31. The molecule has 3 aliphatic rings. The molecule has 4 rings (SSSR count). The first-order valence-corrected chi connectivity index (χ1v) is 9.75. The molecule has 1 aromatic rings. The third-order valence-electron chi connectivity index (χ3n) is 5.98. The Morgan fingerprint density at radius 1 is 1.23 bits per heavy atom.